The van der Waals surface area contributed by atoms with E-state index in [0.29, 0.717) is 0 Å². The minimum absolute atomic E-state index is 0. The maximum atomic E-state index is 5.93. The van der Waals surface area contributed by atoms with Gasteiger partial charge in [0.2, 0.25) is 0 Å². The number of nitrogens with one attached hydrogen (secondary N) is 1. The van der Waals surface area contributed by atoms with E-state index in [1.165, 1.54) is 5.56 Å². The molecule has 0 unspecified atom stereocenters. The van der Waals surface area contributed by atoms with Gasteiger partial charge < -0.3 is 10.1 Å². The summed E-state index contributed by atoms with van der Waals surface area (Å²) in [6.45, 7) is 5.94. The number of fused-ring (bicyclic) bond motifs is 1. The van der Waals surface area contributed by atoms with Gasteiger partial charge in [-0.3, -0.25) is 0 Å². The van der Waals surface area contributed by atoms with Crippen LogP contribution in [0, 0.1) is 0 Å². The van der Waals surface area contributed by atoms with E-state index in [1.54, 1.807) is 0 Å². The lowest BCUT2D eigenvalue weighted by Crippen LogP contribution is -2.37. The van der Waals surface area contributed by atoms with Gasteiger partial charge in [0.05, 0.1) is 0 Å². The van der Waals surface area contributed by atoms with Gasteiger partial charge in [0.25, 0.3) is 0 Å². The van der Waals surface area contributed by atoms with Crippen molar-refractivity contribution in [3.63, 3.8) is 0 Å². The third-order valence-corrected chi connectivity index (χ3v) is 2.77. The van der Waals surface area contributed by atoms with Gasteiger partial charge in [0, 0.05) is 23.1 Å². The van der Waals surface area contributed by atoms with Gasteiger partial charge in [-0.2, -0.15) is 0 Å². The average Bonchev–Trinajstić information content (AvgIpc) is 2.21. The van der Waals surface area contributed by atoms with Crippen LogP contribution < -0.4 is 10.1 Å². The Morgan fingerprint density at radius 3 is 2.87 bits per heavy atom. The summed E-state index contributed by atoms with van der Waals surface area (Å²) < 4.78 is 7.00. The average molecular weight is 293 g/mol. The van der Waals surface area contributed by atoms with Crippen LogP contribution in [0.2, 0.25) is 0 Å². The second-order valence-corrected chi connectivity index (χ2v) is 5.13. The normalized spacial score (nSPS) is 18.1. The highest BCUT2D eigenvalue weighted by atomic mass is 79.9. The topological polar surface area (TPSA) is 21.3 Å². The molecule has 84 valence electrons. The van der Waals surface area contributed by atoms with Crippen molar-refractivity contribution in [1.29, 1.82) is 0 Å². The summed E-state index contributed by atoms with van der Waals surface area (Å²) in [5, 5.41) is 3.37. The Morgan fingerprint density at radius 2 is 2.13 bits per heavy atom. The molecule has 2 rings (SSSR count). The van der Waals surface area contributed by atoms with Crippen molar-refractivity contribution in [2.45, 2.75) is 26.0 Å². The Balaban J connectivity index is 0.00000112. The molecule has 4 heteroatoms. The molecule has 0 amide bonds. The van der Waals surface area contributed by atoms with Crippen LogP contribution in [0.25, 0.3) is 0 Å². The van der Waals surface area contributed by atoms with Crippen molar-refractivity contribution >= 4 is 28.3 Å². The molecule has 1 aromatic carbocycles. The zero-order chi connectivity index (χ0) is 10.2. The standard InChI is InChI=1S/C11H14BrNO.ClH/c1-11(2)7-13-6-8-3-4-9(12)5-10(8)14-11;/h3-5,13H,6-7H2,1-2H3;1H. The summed E-state index contributed by atoms with van der Waals surface area (Å²) in [5.74, 6) is 0.981. The highest BCUT2D eigenvalue weighted by Gasteiger charge is 2.23. The molecule has 0 aromatic heterocycles. The van der Waals surface area contributed by atoms with Crippen LogP contribution in [0.4, 0.5) is 0 Å². The van der Waals surface area contributed by atoms with Crippen LogP contribution in [0.3, 0.4) is 0 Å². The molecule has 0 bridgehead atoms. The first-order valence-electron chi connectivity index (χ1n) is 4.75. The molecule has 0 radical (unpaired) electrons. The van der Waals surface area contributed by atoms with E-state index in [-0.39, 0.29) is 18.0 Å². The van der Waals surface area contributed by atoms with Crippen molar-refractivity contribution in [3.8, 4) is 5.75 Å². The quantitative estimate of drug-likeness (QED) is 0.793. The molecular formula is C11H15BrClNO. The van der Waals surface area contributed by atoms with Gasteiger partial charge in [-0.15, -0.1) is 12.4 Å². The minimum atomic E-state index is -0.133. The molecular weight excluding hydrogens is 277 g/mol. The number of hydrogen-bond donors (Lipinski definition) is 1. The Hall–Kier alpha value is -0.250. The number of hydrogen-bond acceptors (Lipinski definition) is 2. The number of ether oxygens (including phenoxy) is 1. The monoisotopic (exact) mass is 291 g/mol. The summed E-state index contributed by atoms with van der Waals surface area (Å²) in [4.78, 5) is 0. The van der Waals surface area contributed by atoms with Crippen LogP contribution in [-0.2, 0) is 6.54 Å². The van der Waals surface area contributed by atoms with E-state index in [1.807, 2.05) is 12.1 Å². The fourth-order valence-electron chi connectivity index (χ4n) is 1.60. The van der Waals surface area contributed by atoms with Gasteiger partial charge >= 0.3 is 0 Å². The molecule has 15 heavy (non-hydrogen) atoms. The van der Waals surface area contributed by atoms with E-state index in [2.05, 4.69) is 41.2 Å². The fraction of sp³-hybridized carbons (Fsp3) is 0.455. The second kappa shape index (κ2) is 4.73. The van der Waals surface area contributed by atoms with Crippen LogP contribution in [0.1, 0.15) is 19.4 Å². The SMILES string of the molecule is CC1(C)CNCc2ccc(Br)cc2O1.Cl. The zero-order valence-electron chi connectivity index (χ0n) is 8.84. The summed E-state index contributed by atoms with van der Waals surface area (Å²) in [6.07, 6.45) is 0. The molecule has 0 fully saturated rings. The lowest BCUT2D eigenvalue weighted by molar-refractivity contribution is 0.115. The predicted molar refractivity (Wildman–Crippen MR) is 67.8 cm³/mol. The Kier molecular flexibility index (Phi) is 4.04. The van der Waals surface area contributed by atoms with Crippen molar-refractivity contribution < 1.29 is 4.74 Å². The first kappa shape index (κ1) is 12.8. The minimum Gasteiger partial charge on any atom is -0.486 e. The zero-order valence-corrected chi connectivity index (χ0v) is 11.2. The Bertz CT molecular complexity index is 354. The van der Waals surface area contributed by atoms with Gasteiger partial charge in [0.1, 0.15) is 11.4 Å². The molecule has 0 aliphatic carbocycles. The Morgan fingerprint density at radius 1 is 1.40 bits per heavy atom. The van der Waals surface area contributed by atoms with E-state index in [4.69, 9.17) is 4.74 Å². The maximum absolute atomic E-state index is 5.93. The van der Waals surface area contributed by atoms with Crippen LogP contribution >= 0.6 is 28.3 Å². The fourth-order valence-corrected chi connectivity index (χ4v) is 1.94. The van der Waals surface area contributed by atoms with Gasteiger partial charge in [-0.25, -0.2) is 0 Å². The van der Waals surface area contributed by atoms with E-state index >= 15 is 0 Å². The van der Waals surface area contributed by atoms with Gasteiger partial charge in [-0.1, -0.05) is 22.0 Å². The third kappa shape index (κ3) is 3.10. The molecule has 0 spiro atoms. The molecule has 2 nitrogen and oxygen atoms in total. The lowest BCUT2D eigenvalue weighted by atomic mass is 10.1. The number of halogens is 2. The molecule has 1 aliphatic rings. The summed E-state index contributed by atoms with van der Waals surface area (Å²) in [6, 6.07) is 6.17. The first-order valence-corrected chi connectivity index (χ1v) is 5.54. The smallest absolute Gasteiger partial charge is 0.125 e. The Labute approximate surface area is 105 Å². The highest BCUT2D eigenvalue weighted by molar-refractivity contribution is 9.10. The van der Waals surface area contributed by atoms with E-state index in [9.17, 15) is 0 Å². The van der Waals surface area contributed by atoms with Gasteiger partial charge in [0.15, 0.2) is 0 Å². The number of benzene rings is 1. The molecule has 1 aliphatic heterocycles. The maximum Gasteiger partial charge on any atom is 0.125 e. The highest BCUT2D eigenvalue weighted by Crippen LogP contribution is 2.28. The molecule has 0 saturated carbocycles. The van der Waals surface area contributed by atoms with Crippen molar-refractivity contribution in [1.82, 2.24) is 5.32 Å². The molecule has 1 N–H and O–H groups in total. The van der Waals surface area contributed by atoms with Crippen molar-refractivity contribution in [2.75, 3.05) is 6.54 Å². The third-order valence-electron chi connectivity index (χ3n) is 2.28. The van der Waals surface area contributed by atoms with Crippen molar-refractivity contribution in [3.05, 3.63) is 28.2 Å². The van der Waals surface area contributed by atoms with Crippen molar-refractivity contribution in [2.24, 2.45) is 0 Å². The molecule has 1 heterocycles. The second-order valence-electron chi connectivity index (χ2n) is 4.22. The van der Waals surface area contributed by atoms with E-state index < -0.39 is 0 Å². The molecule has 0 atom stereocenters. The van der Waals surface area contributed by atoms with Crippen LogP contribution in [0.15, 0.2) is 22.7 Å². The summed E-state index contributed by atoms with van der Waals surface area (Å²) in [5.41, 5.74) is 1.09. The molecule has 1 aromatic rings. The summed E-state index contributed by atoms with van der Waals surface area (Å²) in [7, 11) is 0. The largest absolute Gasteiger partial charge is 0.486 e. The van der Waals surface area contributed by atoms with E-state index in [0.717, 1.165) is 23.3 Å². The predicted octanol–water partition coefficient (Wildman–Crippen LogP) is 3.13. The first-order chi connectivity index (χ1) is 6.57. The summed E-state index contributed by atoms with van der Waals surface area (Å²) >= 11 is 3.45. The van der Waals surface area contributed by atoms with Gasteiger partial charge in [-0.05, 0) is 26.0 Å². The molecule has 0 saturated heterocycles. The van der Waals surface area contributed by atoms with Crippen LogP contribution in [0.5, 0.6) is 5.75 Å². The number of rotatable bonds is 0. The lowest BCUT2D eigenvalue weighted by Gasteiger charge is -2.24. The van der Waals surface area contributed by atoms with Crippen LogP contribution in [-0.4, -0.2) is 12.1 Å².